The summed E-state index contributed by atoms with van der Waals surface area (Å²) in [5, 5.41) is 24.9. The van der Waals surface area contributed by atoms with Crippen molar-refractivity contribution in [3.63, 3.8) is 0 Å². The van der Waals surface area contributed by atoms with Gasteiger partial charge in [-0.1, -0.05) is 37.7 Å². The minimum Gasteiger partial charge on any atom is -0.508 e. The number of phenols is 1. The zero-order valence-corrected chi connectivity index (χ0v) is 13.9. The van der Waals surface area contributed by atoms with Gasteiger partial charge in [0.2, 0.25) is 5.16 Å². The highest BCUT2D eigenvalue weighted by atomic mass is 32.2. The van der Waals surface area contributed by atoms with Crippen molar-refractivity contribution in [2.24, 2.45) is 5.92 Å². The molecule has 114 valence electrons. The van der Waals surface area contributed by atoms with Gasteiger partial charge in [0, 0.05) is 11.8 Å². The van der Waals surface area contributed by atoms with Crippen molar-refractivity contribution < 1.29 is 5.11 Å². The van der Waals surface area contributed by atoms with Gasteiger partial charge in [0.15, 0.2) is 5.82 Å². The molecule has 2 aliphatic rings. The minimum absolute atomic E-state index is 0.159. The van der Waals surface area contributed by atoms with Gasteiger partial charge < -0.3 is 5.11 Å². The first kappa shape index (κ1) is 14.0. The van der Waals surface area contributed by atoms with Gasteiger partial charge in [-0.3, -0.25) is 5.01 Å². The third-order valence-electron chi connectivity index (χ3n) is 3.60. The molecule has 0 fully saturated rings. The van der Waals surface area contributed by atoms with Crippen molar-refractivity contribution in [1.82, 2.24) is 14.9 Å². The van der Waals surface area contributed by atoms with E-state index in [0.29, 0.717) is 11.7 Å². The van der Waals surface area contributed by atoms with E-state index >= 15 is 0 Å². The summed E-state index contributed by atoms with van der Waals surface area (Å²) in [5.41, 5.74) is 1.16. The molecule has 1 unspecified atom stereocenters. The van der Waals surface area contributed by atoms with Crippen LogP contribution in [0.5, 0.6) is 5.75 Å². The molecule has 0 radical (unpaired) electrons. The van der Waals surface area contributed by atoms with Gasteiger partial charge in [-0.05, 0) is 35.4 Å². The van der Waals surface area contributed by atoms with E-state index in [4.69, 9.17) is 0 Å². The van der Waals surface area contributed by atoms with E-state index in [1.807, 2.05) is 12.1 Å². The molecule has 0 spiro atoms. The fourth-order valence-electron chi connectivity index (χ4n) is 2.64. The van der Waals surface area contributed by atoms with Gasteiger partial charge in [-0.15, -0.1) is 10.2 Å². The lowest BCUT2D eigenvalue weighted by atomic mass is 10.1. The highest BCUT2D eigenvalue weighted by Gasteiger charge is 2.39. The van der Waals surface area contributed by atoms with Crippen LogP contribution in [0.25, 0.3) is 0 Å². The average molecular weight is 332 g/mol. The number of aromatic nitrogens is 3. The maximum absolute atomic E-state index is 9.49. The summed E-state index contributed by atoms with van der Waals surface area (Å²) in [7, 11) is 0. The lowest BCUT2D eigenvalue weighted by Crippen LogP contribution is -2.31. The molecule has 2 aliphatic heterocycles. The standard InChI is InChI=1S/C15H16N4OS2/c1-9(2)7-12-16-17-15-18(12)19-13(22-15)8-21-14(19)10-3-5-11(20)6-4-10/h3-6,8-9,14,20H,7H2,1-2H3. The Kier molecular flexibility index (Phi) is 3.34. The van der Waals surface area contributed by atoms with Crippen LogP contribution in [0.2, 0.25) is 0 Å². The highest BCUT2D eigenvalue weighted by Crippen LogP contribution is 2.51. The molecular weight excluding hydrogens is 316 g/mol. The molecule has 0 saturated carbocycles. The van der Waals surface area contributed by atoms with E-state index in [-0.39, 0.29) is 5.37 Å². The Labute approximate surface area is 137 Å². The normalized spacial score (nSPS) is 19.5. The molecule has 1 aromatic heterocycles. The molecule has 0 saturated heterocycles. The summed E-state index contributed by atoms with van der Waals surface area (Å²) in [6, 6.07) is 7.41. The monoisotopic (exact) mass is 332 g/mol. The van der Waals surface area contributed by atoms with Crippen molar-refractivity contribution in [3.05, 3.63) is 46.1 Å². The van der Waals surface area contributed by atoms with Gasteiger partial charge >= 0.3 is 0 Å². The maximum atomic E-state index is 9.49. The van der Waals surface area contributed by atoms with Gasteiger partial charge in [-0.25, -0.2) is 4.68 Å². The number of aromatic hydroxyl groups is 1. The topological polar surface area (TPSA) is 54.2 Å². The van der Waals surface area contributed by atoms with E-state index in [1.54, 1.807) is 35.7 Å². The van der Waals surface area contributed by atoms with E-state index < -0.39 is 0 Å². The van der Waals surface area contributed by atoms with E-state index in [9.17, 15) is 5.11 Å². The predicted molar refractivity (Wildman–Crippen MR) is 89.2 cm³/mol. The number of phenolic OH excluding ortho intramolecular Hbond substituents is 1. The van der Waals surface area contributed by atoms with Gasteiger partial charge in [-0.2, -0.15) is 0 Å². The molecule has 5 nitrogen and oxygen atoms in total. The number of thioether (sulfide) groups is 2. The Balaban J connectivity index is 1.72. The van der Waals surface area contributed by atoms with Crippen LogP contribution in [-0.2, 0) is 6.42 Å². The molecule has 3 heterocycles. The second-order valence-corrected chi connectivity index (χ2v) is 7.73. The van der Waals surface area contributed by atoms with Crippen molar-refractivity contribution in [3.8, 4) is 5.75 Å². The van der Waals surface area contributed by atoms with Gasteiger partial charge in [0.05, 0.1) is 0 Å². The first-order valence-electron chi connectivity index (χ1n) is 7.19. The number of nitrogens with zero attached hydrogens (tertiary/aromatic N) is 4. The largest absolute Gasteiger partial charge is 0.508 e. The third kappa shape index (κ3) is 2.19. The van der Waals surface area contributed by atoms with Crippen LogP contribution in [-0.4, -0.2) is 20.0 Å². The van der Waals surface area contributed by atoms with Crippen molar-refractivity contribution in [1.29, 1.82) is 0 Å². The SMILES string of the molecule is CC(C)Cc1nnc2n1N1C(=CSC1c1ccc(O)cc1)S2. The maximum Gasteiger partial charge on any atom is 0.216 e. The summed E-state index contributed by atoms with van der Waals surface area (Å²) in [6.07, 6.45) is 0.907. The van der Waals surface area contributed by atoms with Gasteiger partial charge in [0.25, 0.3) is 0 Å². The number of benzene rings is 1. The second kappa shape index (κ2) is 5.24. The van der Waals surface area contributed by atoms with Crippen molar-refractivity contribution >= 4 is 23.5 Å². The van der Waals surface area contributed by atoms with Gasteiger partial charge in [0.1, 0.15) is 16.2 Å². The van der Waals surface area contributed by atoms with Crippen molar-refractivity contribution in [2.75, 3.05) is 5.01 Å². The predicted octanol–water partition coefficient (Wildman–Crippen LogP) is 3.47. The first-order chi connectivity index (χ1) is 10.6. The van der Waals surface area contributed by atoms with Crippen LogP contribution in [0.3, 0.4) is 0 Å². The summed E-state index contributed by atoms with van der Waals surface area (Å²) in [6.45, 7) is 4.38. The molecule has 0 bridgehead atoms. The summed E-state index contributed by atoms with van der Waals surface area (Å²) >= 11 is 3.44. The lowest BCUT2D eigenvalue weighted by molar-refractivity contribution is 0.475. The third-order valence-corrected chi connectivity index (χ3v) is 5.79. The van der Waals surface area contributed by atoms with Crippen molar-refractivity contribution in [2.45, 2.75) is 30.8 Å². The van der Waals surface area contributed by atoms with E-state index in [0.717, 1.165) is 23.0 Å². The average Bonchev–Trinajstić information content (AvgIpc) is 3.12. The fraction of sp³-hybridized carbons (Fsp3) is 0.333. The molecule has 1 aromatic carbocycles. The molecule has 0 amide bonds. The van der Waals surface area contributed by atoms with Crippen LogP contribution in [0.1, 0.15) is 30.6 Å². The molecule has 2 aromatic rings. The van der Waals surface area contributed by atoms with Crippen LogP contribution in [0, 0.1) is 5.92 Å². The number of hydrogen-bond acceptors (Lipinski definition) is 6. The highest BCUT2D eigenvalue weighted by molar-refractivity contribution is 8.07. The number of rotatable bonds is 3. The van der Waals surface area contributed by atoms with Crippen LogP contribution >= 0.6 is 23.5 Å². The summed E-state index contributed by atoms with van der Waals surface area (Å²) in [5.74, 6) is 1.84. The van der Waals surface area contributed by atoms with Crippen LogP contribution < -0.4 is 5.01 Å². The minimum atomic E-state index is 0.159. The van der Waals surface area contributed by atoms with E-state index in [1.165, 1.54) is 5.03 Å². The Morgan fingerprint density at radius 1 is 1.23 bits per heavy atom. The second-order valence-electron chi connectivity index (χ2n) is 5.79. The molecule has 7 heteroatoms. The Bertz CT molecular complexity index is 739. The molecule has 0 aliphatic carbocycles. The molecule has 4 rings (SSSR count). The lowest BCUT2D eigenvalue weighted by Gasteiger charge is -2.26. The number of hydrogen-bond donors (Lipinski definition) is 1. The fourth-order valence-corrected chi connectivity index (χ4v) is 4.89. The molecule has 1 atom stereocenters. The zero-order chi connectivity index (χ0) is 15.3. The molecular formula is C15H16N4OS2. The summed E-state index contributed by atoms with van der Waals surface area (Å²) in [4.78, 5) is 0. The Morgan fingerprint density at radius 2 is 2.00 bits per heavy atom. The first-order valence-corrected chi connectivity index (χ1v) is 8.95. The summed E-state index contributed by atoms with van der Waals surface area (Å²) < 4.78 is 2.15. The van der Waals surface area contributed by atoms with E-state index in [2.05, 4.69) is 39.1 Å². The Hall–Kier alpha value is -1.60. The van der Waals surface area contributed by atoms with Crippen LogP contribution in [0.4, 0.5) is 0 Å². The van der Waals surface area contributed by atoms with Crippen LogP contribution in [0.15, 0.2) is 39.9 Å². The zero-order valence-electron chi connectivity index (χ0n) is 12.3. The Morgan fingerprint density at radius 3 is 2.73 bits per heavy atom. The number of fused-ring (bicyclic) bond motifs is 3. The smallest absolute Gasteiger partial charge is 0.216 e. The quantitative estimate of drug-likeness (QED) is 0.929. The molecule has 1 N–H and O–H groups in total. The molecule has 22 heavy (non-hydrogen) atoms.